The van der Waals surface area contributed by atoms with Crippen LogP contribution in [0, 0.1) is 29.0 Å². The van der Waals surface area contributed by atoms with E-state index in [2.05, 4.69) is 11.0 Å². The number of rotatable bonds is 3. The quantitative estimate of drug-likeness (QED) is 0.781. The number of benzene rings is 2. The fraction of sp³-hybridized carbons (Fsp3) is 0.440. The van der Waals surface area contributed by atoms with Gasteiger partial charge in [-0.15, -0.1) is 0 Å². The maximum atomic E-state index is 13.6. The van der Waals surface area contributed by atoms with Crippen LogP contribution < -0.4 is 0 Å². The Morgan fingerprint density at radius 1 is 1.10 bits per heavy atom. The van der Waals surface area contributed by atoms with Crippen LogP contribution in [0.2, 0.25) is 0 Å². The van der Waals surface area contributed by atoms with Gasteiger partial charge in [0, 0.05) is 19.5 Å². The number of carbonyl (C=O) groups is 1. The first kappa shape index (κ1) is 19.3. The second-order valence-electron chi connectivity index (χ2n) is 8.92. The average molecular weight is 404 g/mol. The van der Waals surface area contributed by atoms with Crippen LogP contribution in [-0.4, -0.2) is 41.9 Å². The van der Waals surface area contributed by atoms with Gasteiger partial charge in [0.2, 0.25) is 5.91 Å². The van der Waals surface area contributed by atoms with E-state index in [1.807, 2.05) is 23.1 Å². The Labute approximate surface area is 176 Å². The lowest BCUT2D eigenvalue weighted by Gasteiger charge is -2.46. The Hall–Kier alpha value is -2.71. The van der Waals surface area contributed by atoms with Gasteiger partial charge in [0.1, 0.15) is 5.82 Å². The molecule has 0 N–H and O–H groups in total. The fourth-order valence-corrected chi connectivity index (χ4v) is 5.63. The summed E-state index contributed by atoms with van der Waals surface area (Å²) in [5.41, 5.74) is 3.72. The molecule has 2 aromatic rings. The predicted molar refractivity (Wildman–Crippen MR) is 112 cm³/mol. The number of piperidine rings is 3. The van der Waals surface area contributed by atoms with Crippen LogP contribution >= 0.6 is 0 Å². The molecule has 4 aliphatic heterocycles. The molecule has 3 fully saturated rings. The van der Waals surface area contributed by atoms with Crippen molar-refractivity contribution < 1.29 is 9.18 Å². The molecule has 4 aliphatic rings. The molecule has 4 nitrogen and oxygen atoms in total. The maximum absolute atomic E-state index is 13.6. The Balaban J connectivity index is 1.46. The zero-order valence-corrected chi connectivity index (χ0v) is 17.1. The largest absolute Gasteiger partial charge is 0.331 e. The summed E-state index contributed by atoms with van der Waals surface area (Å²) >= 11 is 0. The summed E-state index contributed by atoms with van der Waals surface area (Å²) in [6.45, 7) is 4.01. The molecular formula is C25H26FN3O. The monoisotopic (exact) mass is 403 g/mol. The third-order valence-electron chi connectivity index (χ3n) is 7.23. The molecule has 0 aliphatic carbocycles. The van der Waals surface area contributed by atoms with Gasteiger partial charge >= 0.3 is 0 Å². The lowest BCUT2D eigenvalue weighted by atomic mass is 9.77. The summed E-state index contributed by atoms with van der Waals surface area (Å²) in [4.78, 5) is 18.0. The van der Waals surface area contributed by atoms with E-state index < -0.39 is 0 Å². The molecule has 2 bridgehead atoms. The average Bonchev–Trinajstić information content (AvgIpc) is 2.79. The van der Waals surface area contributed by atoms with E-state index in [0.717, 1.165) is 29.7 Å². The number of carbonyl (C=O) groups excluding carboxylic acids is 1. The van der Waals surface area contributed by atoms with Crippen LogP contribution in [-0.2, 0) is 11.2 Å². The van der Waals surface area contributed by atoms with Gasteiger partial charge in [0.15, 0.2) is 0 Å². The van der Waals surface area contributed by atoms with Crippen molar-refractivity contribution in [3.8, 4) is 6.07 Å². The smallest absolute Gasteiger partial charge is 0.223 e. The summed E-state index contributed by atoms with van der Waals surface area (Å²) < 4.78 is 13.6. The van der Waals surface area contributed by atoms with E-state index in [-0.39, 0.29) is 17.8 Å². The van der Waals surface area contributed by atoms with E-state index >= 15 is 0 Å². The van der Waals surface area contributed by atoms with Gasteiger partial charge in [-0.3, -0.25) is 4.79 Å². The molecule has 4 heterocycles. The Morgan fingerprint density at radius 3 is 2.53 bits per heavy atom. The van der Waals surface area contributed by atoms with Crippen molar-refractivity contribution in [2.24, 2.45) is 11.8 Å². The predicted octanol–water partition coefficient (Wildman–Crippen LogP) is 3.90. The summed E-state index contributed by atoms with van der Waals surface area (Å²) in [6.07, 6.45) is 3.75. The highest BCUT2D eigenvalue weighted by atomic mass is 19.1. The fourth-order valence-electron chi connectivity index (χ4n) is 5.63. The molecule has 3 saturated heterocycles. The maximum Gasteiger partial charge on any atom is 0.223 e. The van der Waals surface area contributed by atoms with Crippen LogP contribution in [0.15, 0.2) is 42.5 Å². The van der Waals surface area contributed by atoms with E-state index in [1.54, 1.807) is 12.1 Å². The normalized spacial score (nSPS) is 27.4. The standard InChI is InChI=1S/C25H26FN3O/c26-22-4-2-19(3-5-22)25-23-6-1-17(15-27)13-20(23)9-12-29(25)24(30)14-21-16-28-10-7-18(21)8-11-28/h1-6,13,18,21,25H,7-12,14,16H2/t21-,25+/m1/s1. The lowest BCUT2D eigenvalue weighted by Crippen LogP contribution is -2.49. The minimum Gasteiger partial charge on any atom is -0.331 e. The van der Waals surface area contributed by atoms with Crippen LogP contribution in [0.3, 0.4) is 0 Å². The number of hydrogen-bond acceptors (Lipinski definition) is 3. The molecule has 1 amide bonds. The molecular weight excluding hydrogens is 377 g/mol. The molecule has 0 spiro atoms. The van der Waals surface area contributed by atoms with Crippen molar-refractivity contribution in [3.05, 3.63) is 70.5 Å². The second-order valence-corrected chi connectivity index (χ2v) is 8.92. The molecule has 0 radical (unpaired) electrons. The third-order valence-corrected chi connectivity index (χ3v) is 7.23. The van der Waals surface area contributed by atoms with Crippen LogP contribution in [0.4, 0.5) is 4.39 Å². The number of halogens is 1. The van der Waals surface area contributed by atoms with Crippen molar-refractivity contribution >= 4 is 5.91 Å². The SMILES string of the molecule is N#Cc1ccc2c(c1)CCN(C(=O)C[C@@H]1CN3CCC1CC3)[C@H]2c1ccc(F)cc1. The minimum atomic E-state index is -0.278. The molecule has 0 aromatic heterocycles. The van der Waals surface area contributed by atoms with Crippen LogP contribution in [0.1, 0.15) is 47.6 Å². The molecule has 0 saturated carbocycles. The number of amides is 1. The van der Waals surface area contributed by atoms with Gasteiger partial charge in [0.05, 0.1) is 17.7 Å². The number of nitrogens with zero attached hydrogens (tertiary/aromatic N) is 3. The number of fused-ring (bicyclic) bond motifs is 4. The highest BCUT2D eigenvalue weighted by Gasteiger charge is 2.38. The first-order valence-electron chi connectivity index (χ1n) is 10.9. The number of nitriles is 1. The van der Waals surface area contributed by atoms with E-state index in [0.29, 0.717) is 30.4 Å². The Morgan fingerprint density at radius 2 is 1.87 bits per heavy atom. The summed E-state index contributed by atoms with van der Waals surface area (Å²) in [7, 11) is 0. The van der Waals surface area contributed by atoms with Gasteiger partial charge in [-0.05, 0) is 85.1 Å². The van der Waals surface area contributed by atoms with Crippen molar-refractivity contribution in [1.82, 2.24) is 9.80 Å². The minimum absolute atomic E-state index is 0.193. The van der Waals surface area contributed by atoms with Crippen molar-refractivity contribution in [3.63, 3.8) is 0 Å². The molecule has 2 aromatic carbocycles. The van der Waals surface area contributed by atoms with Gasteiger partial charge < -0.3 is 9.80 Å². The number of hydrogen-bond donors (Lipinski definition) is 0. The Kier molecular flexibility index (Phi) is 5.04. The van der Waals surface area contributed by atoms with Gasteiger partial charge in [0.25, 0.3) is 0 Å². The van der Waals surface area contributed by atoms with Crippen molar-refractivity contribution in [2.45, 2.75) is 31.7 Å². The second kappa shape index (κ2) is 7.85. The first-order chi connectivity index (χ1) is 14.6. The van der Waals surface area contributed by atoms with Gasteiger partial charge in [-0.25, -0.2) is 4.39 Å². The highest BCUT2D eigenvalue weighted by Crippen LogP contribution is 2.39. The zero-order chi connectivity index (χ0) is 20.7. The van der Waals surface area contributed by atoms with E-state index in [1.165, 1.54) is 38.1 Å². The highest BCUT2D eigenvalue weighted by molar-refractivity contribution is 5.78. The summed E-state index contributed by atoms with van der Waals surface area (Å²) in [6, 6.07) is 14.2. The molecule has 5 heteroatoms. The lowest BCUT2D eigenvalue weighted by molar-refractivity contribution is -0.136. The van der Waals surface area contributed by atoms with Crippen LogP contribution in [0.5, 0.6) is 0 Å². The molecule has 0 unspecified atom stereocenters. The topological polar surface area (TPSA) is 47.3 Å². The summed E-state index contributed by atoms with van der Waals surface area (Å²) in [5, 5.41) is 9.27. The molecule has 2 atom stereocenters. The third kappa shape index (κ3) is 3.50. The van der Waals surface area contributed by atoms with E-state index in [9.17, 15) is 14.4 Å². The van der Waals surface area contributed by atoms with Crippen molar-refractivity contribution in [2.75, 3.05) is 26.2 Å². The molecule has 30 heavy (non-hydrogen) atoms. The van der Waals surface area contributed by atoms with Crippen LogP contribution in [0.25, 0.3) is 0 Å². The summed E-state index contributed by atoms with van der Waals surface area (Å²) in [5.74, 6) is 1.02. The van der Waals surface area contributed by atoms with Crippen molar-refractivity contribution in [1.29, 1.82) is 5.26 Å². The van der Waals surface area contributed by atoms with Gasteiger partial charge in [-0.2, -0.15) is 5.26 Å². The Bertz CT molecular complexity index is 988. The molecule has 6 rings (SSSR count). The zero-order valence-electron chi connectivity index (χ0n) is 17.1. The van der Waals surface area contributed by atoms with E-state index in [4.69, 9.17) is 0 Å². The van der Waals surface area contributed by atoms with Gasteiger partial charge in [-0.1, -0.05) is 18.2 Å². The first-order valence-corrected chi connectivity index (χ1v) is 10.9. The molecule has 154 valence electrons.